The van der Waals surface area contributed by atoms with Crippen molar-refractivity contribution in [1.82, 2.24) is 5.32 Å². The second-order valence-electron chi connectivity index (χ2n) is 6.59. The zero-order valence-electron chi connectivity index (χ0n) is 14.4. The first kappa shape index (κ1) is 17.7. The normalized spacial score (nSPS) is 14.7. The minimum Gasteiger partial charge on any atom is -0.346 e. The Kier molecular flexibility index (Phi) is 4.95. The average Bonchev–Trinajstić information content (AvgIpc) is 3.38. The van der Waals surface area contributed by atoms with Crippen LogP contribution in [0.5, 0.6) is 0 Å². The molecule has 25 heavy (non-hydrogen) atoms. The van der Waals surface area contributed by atoms with E-state index in [-0.39, 0.29) is 18.4 Å². The van der Waals surface area contributed by atoms with Crippen LogP contribution in [-0.2, 0) is 15.0 Å². The summed E-state index contributed by atoms with van der Waals surface area (Å²) in [6, 6.07) is 13.7. The molecule has 0 heterocycles. The molecule has 0 bridgehead atoms. The number of hydrogen-bond acceptors (Lipinski definition) is 2. The van der Waals surface area contributed by atoms with Crippen molar-refractivity contribution in [1.29, 1.82) is 0 Å². The van der Waals surface area contributed by atoms with Gasteiger partial charge in [-0.15, -0.1) is 0 Å². The van der Waals surface area contributed by atoms with Gasteiger partial charge in [0.1, 0.15) is 0 Å². The zero-order valence-corrected chi connectivity index (χ0v) is 15.9. The van der Waals surface area contributed by atoms with Crippen molar-refractivity contribution in [3.05, 3.63) is 63.6 Å². The summed E-state index contributed by atoms with van der Waals surface area (Å²) in [4.78, 5) is 24.8. The van der Waals surface area contributed by atoms with E-state index in [4.69, 9.17) is 0 Å². The fraction of sp³-hybridized carbons (Fsp3) is 0.300. The Labute approximate surface area is 156 Å². The molecular weight excluding hydrogens is 380 g/mol. The zero-order chi connectivity index (χ0) is 18.0. The number of carbonyl (C=O) groups excluding carboxylic acids is 2. The van der Waals surface area contributed by atoms with Crippen LogP contribution in [0.4, 0.5) is 5.69 Å². The number of nitrogens with one attached hydrogen (secondary N) is 2. The lowest BCUT2D eigenvalue weighted by Crippen LogP contribution is -2.39. The van der Waals surface area contributed by atoms with E-state index in [1.54, 1.807) is 0 Å². The smallest absolute Gasteiger partial charge is 0.243 e. The molecule has 3 rings (SSSR count). The maximum Gasteiger partial charge on any atom is 0.243 e. The average molecular weight is 401 g/mol. The summed E-state index contributed by atoms with van der Waals surface area (Å²) in [7, 11) is 0. The number of aryl methyl sites for hydroxylation is 2. The lowest BCUT2D eigenvalue weighted by molar-refractivity contribution is -0.126. The Morgan fingerprint density at radius 2 is 1.72 bits per heavy atom. The highest BCUT2D eigenvalue weighted by atomic mass is 79.9. The van der Waals surface area contributed by atoms with E-state index in [0.717, 1.165) is 39.7 Å². The Morgan fingerprint density at radius 1 is 1.08 bits per heavy atom. The first-order chi connectivity index (χ1) is 11.9. The van der Waals surface area contributed by atoms with Gasteiger partial charge >= 0.3 is 0 Å². The van der Waals surface area contributed by atoms with Crippen molar-refractivity contribution in [2.45, 2.75) is 32.1 Å². The molecule has 0 aliphatic heterocycles. The second-order valence-corrected chi connectivity index (χ2v) is 7.51. The summed E-state index contributed by atoms with van der Waals surface area (Å²) >= 11 is 3.45. The summed E-state index contributed by atoms with van der Waals surface area (Å²) in [6.07, 6.45) is 1.63. The number of carbonyl (C=O) groups is 2. The molecule has 2 N–H and O–H groups in total. The highest BCUT2D eigenvalue weighted by molar-refractivity contribution is 9.10. The topological polar surface area (TPSA) is 58.2 Å². The lowest BCUT2D eigenvalue weighted by Gasteiger charge is -2.17. The van der Waals surface area contributed by atoms with Gasteiger partial charge in [0.15, 0.2) is 0 Å². The number of amides is 2. The highest BCUT2D eigenvalue weighted by Crippen LogP contribution is 2.48. The Hall–Kier alpha value is -2.14. The molecule has 0 spiro atoms. The van der Waals surface area contributed by atoms with Crippen LogP contribution in [0, 0.1) is 13.8 Å². The van der Waals surface area contributed by atoms with Gasteiger partial charge in [0.05, 0.1) is 12.0 Å². The Balaban J connectivity index is 1.62. The van der Waals surface area contributed by atoms with Crippen LogP contribution < -0.4 is 10.6 Å². The Bertz CT molecular complexity index is 808. The quantitative estimate of drug-likeness (QED) is 0.800. The molecule has 130 valence electrons. The molecule has 0 atom stereocenters. The summed E-state index contributed by atoms with van der Waals surface area (Å²) in [5, 5.41) is 5.69. The summed E-state index contributed by atoms with van der Waals surface area (Å²) in [5.74, 6) is -0.293. The van der Waals surface area contributed by atoms with Crippen LogP contribution in [0.1, 0.15) is 29.5 Å². The fourth-order valence-electron chi connectivity index (χ4n) is 3.08. The van der Waals surface area contributed by atoms with Crippen molar-refractivity contribution < 1.29 is 9.59 Å². The first-order valence-corrected chi connectivity index (χ1v) is 9.12. The molecule has 5 heteroatoms. The maximum atomic E-state index is 12.6. The molecule has 2 amide bonds. The fourth-order valence-corrected chi connectivity index (χ4v) is 3.48. The van der Waals surface area contributed by atoms with Crippen LogP contribution in [-0.4, -0.2) is 18.4 Å². The van der Waals surface area contributed by atoms with Crippen molar-refractivity contribution in [3.8, 4) is 0 Å². The van der Waals surface area contributed by atoms with Crippen LogP contribution >= 0.6 is 15.9 Å². The predicted octanol–water partition coefficient (Wildman–Crippen LogP) is 3.85. The molecule has 1 aliphatic rings. The minimum absolute atomic E-state index is 0.0254. The van der Waals surface area contributed by atoms with E-state index >= 15 is 0 Å². The third-order valence-electron chi connectivity index (χ3n) is 4.72. The minimum atomic E-state index is -0.483. The van der Waals surface area contributed by atoms with Gasteiger partial charge in [-0.05, 0) is 55.5 Å². The molecule has 0 unspecified atom stereocenters. The van der Waals surface area contributed by atoms with Gasteiger partial charge in [-0.1, -0.05) is 46.3 Å². The molecule has 0 aromatic heterocycles. The molecule has 4 nitrogen and oxygen atoms in total. The van der Waals surface area contributed by atoms with E-state index in [1.165, 1.54) is 0 Å². The second kappa shape index (κ2) is 7.00. The SMILES string of the molecule is Cc1cccc(C)c1NC(=O)CNC(=O)C1(c2cccc(Br)c2)CC1. The number of rotatable bonds is 5. The standard InChI is InChI=1S/C20H21BrN2O2/c1-13-5-3-6-14(2)18(13)23-17(24)12-22-19(25)20(9-10-20)15-7-4-8-16(21)11-15/h3-8,11H,9-10,12H2,1-2H3,(H,22,25)(H,23,24). The molecule has 1 saturated carbocycles. The maximum absolute atomic E-state index is 12.6. The van der Waals surface area contributed by atoms with Crippen molar-refractivity contribution >= 4 is 33.4 Å². The van der Waals surface area contributed by atoms with Gasteiger partial charge in [0.25, 0.3) is 0 Å². The molecule has 2 aromatic rings. The van der Waals surface area contributed by atoms with Gasteiger partial charge in [0.2, 0.25) is 11.8 Å². The van der Waals surface area contributed by atoms with E-state index in [9.17, 15) is 9.59 Å². The third-order valence-corrected chi connectivity index (χ3v) is 5.21. The molecule has 1 aliphatic carbocycles. The number of hydrogen-bond donors (Lipinski definition) is 2. The predicted molar refractivity (Wildman–Crippen MR) is 103 cm³/mol. The van der Waals surface area contributed by atoms with Crippen molar-refractivity contribution in [2.24, 2.45) is 0 Å². The Morgan fingerprint density at radius 3 is 2.32 bits per heavy atom. The van der Waals surface area contributed by atoms with E-state index < -0.39 is 5.41 Å². The first-order valence-electron chi connectivity index (χ1n) is 8.33. The van der Waals surface area contributed by atoms with Crippen molar-refractivity contribution in [2.75, 3.05) is 11.9 Å². The third kappa shape index (κ3) is 3.76. The molecule has 0 saturated heterocycles. The van der Waals surface area contributed by atoms with Gasteiger partial charge in [-0.2, -0.15) is 0 Å². The molecule has 2 aromatic carbocycles. The largest absolute Gasteiger partial charge is 0.346 e. The van der Waals surface area contributed by atoms with Gasteiger partial charge in [-0.25, -0.2) is 0 Å². The molecule has 1 fully saturated rings. The number of para-hydroxylation sites is 1. The summed E-state index contributed by atoms with van der Waals surface area (Å²) in [5.41, 5.74) is 3.34. The lowest BCUT2D eigenvalue weighted by atomic mass is 9.95. The van der Waals surface area contributed by atoms with E-state index in [0.29, 0.717) is 0 Å². The summed E-state index contributed by atoms with van der Waals surface area (Å²) < 4.78 is 0.955. The van der Waals surface area contributed by atoms with Crippen LogP contribution in [0.25, 0.3) is 0 Å². The highest BCUT2D eigenvalue weighted by Gasteiger charge is 2.51. The van der Waals surface area contributed by atoms with Crippen LogP contribution in [0.2, 0.25) is 0 Å². The molecule has 0 radical (unpaired) electrons. The van der Waals surface area contributed by atoms with Crippen LogP contribution in [0.3, 0.4) is 0 Å². The van der Waals surface area contributed by atoms with E-state index in [2.05, 4.69) is 26.6 Å². The summed E-state index contributed by atoms with van der Waals surface area (Å²) in [6.45, 7) is 3.88. The number of halogens is 1. The van der Waals surface area contributed by atoms with Crippen molar-refractivity contribution in [3.63, 3.8) is 0 Å². The van der Waals surface area contributed by atoms with Crippen LogP contribution in [0.15, 0.2) is 46.9 Å². The molecular formula is C20H21BrN2O2. The number of anilines is 1. The van der Waals surface area contributed by atoms with Gasteiger partial charge < -0.3 is 10.6 Å². The van der Waals surface area contributed by atoms with Gasteiger partial charge in [0, 0.05) is 10.2 Å². The number of benzene rings is 2. The van der Waals surface area contributed by atoms with E-state index in [1.807, 2.05) is 56.3 Å². The van der Waals surface area contributed by atoms with Gasteiger partial charge in [-0.3, -0.25) is 9.59 Å². The monoisotopic (exact) mass is 400 g/mol.